The molecule has 7 nitrogen and oxygen atoms in total. The van der Waals surface area contributed by atoms with Crippen LogP contribution in [-0.4, -0.2) is 54.2 Å². The van der Waals surface area contributed by atoms with Crippen molar-refractivity contribution >= 4 is 12.1 Å². The summed E-state index contributed by atoms with van der Waals surface area (Å²) in [6.07, 6.45) is 5.96. The number of nitrogens with two attached hydrogens (primary N) is 1. The molecule has 0 atom stereocenters. The standard InChI is InChI=1S/C17H27N5O2/c1-3-24-17(23)22-10-6-15(7-11-22)21-16(18)20-9-5-14-4-8-19-12-13(14)2/h4,8,12,15H,3,5-7,9-11H2,1-2H3,(H3,18,20,21). The van der Waals surface area contributed by atoms with E-state index in [2.05, 4.69) is 15.3 Å². The number of carbonyl (C=O) groups excluding carboxylic acids is 1. The van der Waals surface area contributed by atoms with Crippen LogP contribution in [-0.2, 0) is 11.2 Å². The number of pyridine rings is 1. The number of hydrogen-bond acceptors (Lipinski definition) is 4. The van der Waals surface area contributed by atoms with E-state index in [1.165, 1.54) is 11.1 Å². The lowest BCUT2D eigenvalue weighted by molar-refractivity contribution is 0.0963. The minimum absolute atomic E-state index is 0.231. The van der Waals surface area contributed by atoms with Crippen LogP contribution in [0.3, 0.4) is 0 Å². The third-order valence-electron chi connectivity index (χ3n) is 4.17. The molecule has 1 aliphatic heterocycles. The molecule has 0 saturated carbocycles. The summed E-state index contributed by atoms with van der Waals surface area (Å²) >= 11 is 0. The zero-order valence-electron chi connectivity index (χ0n) is 14.5. The fraction of sp³-hybridized carbons (Fsp3) is 0.588. The zero-order valence-corrected chi connectivity index (χ0v) is 14.5. The highest BCUT2D eigenvalue weighted by Crippen LogP contribution is 2.11. The Labute approximate surface area is 143 Å². The molecule has 1 amide bonds. The number of ether oxygens (including phenoxy) is 1. The maximum absolute atomic E-state index is 11.7. The summed E-state index contributed by atoms with van der Waals surface area (Å²) in [5.74, 6) is 0.469. The summed E-state index contributed by atoms with van der Waals surface area (Å²) in [6.45, 7) is 6.28. The number of aryl methyl sites for hydroxylation is 1. The van der Waals surface area contributed by atoms with Gasteiger partial charge in [0.25, 0.3) is 0 Å². The van der Waals surface area contributed by atoms with Gasteiger partial charge in [0.15, 0.2) is 5.96 Å². The van der Waals surface area contributed by atoms with Crippen LogP contribution in [0, 0.1) is 6.92 Å². The molecule has 1 aliphatic rings. The van der Waals surface area contributed by atoms with Crippen LogP contribution in [0.1, 0.15) is 30.9 Å². The summed E-state index contributed by atoms with van der Waals surface area (Å²) in [5, 5.41) is 3.25. The lowest BCUT2D eigenvalue weighted by Gasteiger charge is -2.31. The van der Waals surface area contributed by atoms with E-state index in [1.807, 2.05) is 26.1 Å². The molecule has 1 saturated heterocycles. The number of carbonyl (C=O) groups is 1. The molecule has 3 N–H and O–H groups in total. The Morgan fingerprint density at radius 3 is 2.92 bits per heavy atom. The fourth-order valence-electron chi connectivity index (χ4n) is 2.76. The van der Waals surface area contributed by atoms with Gasteiger partial charge in [-0.3, -0.25) is 9.98 Å². The molecule has 0 aliphatic carbocycles. The molecule has 0 spiro atoms. The van der Waals surface area contributed by atoms with Crippen molar-refractivity contribution in [2.24, 2.45) is 10.7 Å². The molecule has 0 radical (unpaired) electrons. The van der Waals surface area contributed by atoms with Crippen LogP contribution in [0.25, 0.3) is 0 Å². The van der Waals surface area contributed by atoms with Gasteiger partial charge < -0.3 is 20.7 Å². The largest absolute Gasteiger partial charge is 0.450 e. The van der Waals surface area contributed by atoms with Crippen molar-refractivity contribution in [3.63, 3.8) is 0 Å². The van der Waals surface area contributed by atoms with Crippen LogP contribution >= 0.6 is 0 Å². The number of amides is 1. The number of piperidine rings is 1. The lowest BCUT2D eigenvalue weighted by Crippen LogP contribution is -2.48. The summed E-state index contributed by atoms with van der Waals surface area (Å²) in [5.41, 5.74) is 8.38. The normalized spacial score (nSPS) is 16.1. The van der Waals surface area contributed by atoms with Gasteiger partial charge in [-0.1, -0.05) is 0 Å². The second kappa shape index (κ2) is 9.10. The lowest BCUT2D eigenvalue weighted by atomic mass is 10.1. The Balaban J connectivity index is 1.72. The van der Waals surface area contributed by atoms with E-state index in [-0.39, 0.29) is 12.1 Å². The number of aromatic nitrogens is 1. The first-order valence-corrected chi connectivity index (χ1v) is 8.47. The Kier molecular flexibility index (Phi) is 6.84. The molecular formula is C17H27N5O2. The number of guanidine groups is 1. The van der Waals surface area contributed by atoms with E-state index in [4.69, 9.17) is 10.5 Å². The molecule has 132 valence electrons. The highest BCUT2D eigenvalue weighted by molar-refractivity contribution is 5.78. The van der Waals surface area contributed by atoms with E-state index >= 15 is 0 Å². The van der Waals surface area contributed by atoms with Gasteiger partial charge in [0.05, 0.1) is 6.61 Å². The van der Waals surface area contributed by atoms with Crippen molar-refractivity contribution in [3.05, 3.63) is 29.6 Å². The van der Waals surface area contributed by atoms with E-state index in [0.717, 1.165) is 19.3 Å². The molecule has 7 heteroatoms. The van der Waals surface area contributed by atoms with Crippen molar-refractivity contribution in [1.82, 2.24) is 15.2 Å². The van der Waals surface area contributed by atoms with Crippen molar-refractivity contribution in [3.8, 4) is 0 Å². The number of nitrogens with zero attached hydrogens (tertiary/aromatic N) is 3. The van der Waals surface area contributed by atoms with Crippen LogP contribution in [0.15, 0.2) is 23.5 Å². The van der Waals surface area contributed by atoms with E-state index in [0.29, 0.717) is 32.2 Å². The maximum atomic E-state index is 11.7. The quantitative estimate of drug-likeness (QED) is 0.628. The third kappa shape index (κ3) is 5.40. The highest BCUT2D eigenvalue weighted by Gasteiger charge is 2.23. The Hall–Kier alpha value is -2.31. The average molecular weight is 333 g/mol. The summed E-state index contributed by atoms with van der Waals surface area (Å²) < 4.78 is 5.02. The van der Waals surface area contributed by atoms with Gasteiger partial charge in [0, 0.05) is 38.1 Å². The highest BCUT2D eigenvalue weighted by atomic mass is 16.6. The van der Waals surface area contributed by atoms with Crippen LogP contribution in [0.5, 0.6) is 0 Å². The molecular weight excluding hydrogens is 306 g/mol. The molecule has 24 heavy (non-hydrogen) atoms. The average Bonchev–Trinajstić information content (AvgIpc) is 2.57. The van der Waals surface area contributed by atoms with Crippen LogP contribution in [0.4, 0.5) is 4.79 Å². The Morgan fingerprint density at radius 2 is 2.25 bits per heavy atom. The van der Waals surface area contributed by atoms with Gasteiger partial charge in [-0.15, -0.1) is 0 Å². The van der Waals surface area contributed by atoms with E-state index in [9.17, 15) is 4.79 Å². The second-order valence-corrected chi connectivity index (χ2v) is 5.92. The molecule has 0 aromatic carbocycles. The monoisotopic (exact) mass is 333 g/mol. The second-order valence-electron chi connectivity index (χ2n) is 5.92. The van der Waals surface area contributed by atoms with Gasteiger partial charge in [-0.25, -0.2) is 4.79 Å². The number of aliphatic imine (C=N–C) groups is 1. The Morgan fingerprint density at radius 1 is 1.50 bits per heavy atom. The summed E-state index contributed by atoms with van der Waals surface area (Å²) in [7, 11) is 0. The SMILES string of the molecule is CCOC(=O)N1CCC(NC(N)=NCCc2ccncc2C)CC1. The van der Waals surface area contributed by atoms with Crippen LogP contribution < -0.4 is 11.1 Å². The van der Waals surface area contributed by atoms with Crippen molar-refractivity contribution in [1.29, 1.82) is 0 Å². The van der Waals surface area contributed by atoms with Crippen molar-refractivity contribution < 1.29 is 9.53 Å². The number of hydrogen-bond donors (Lipinski definition) is 2. The van der Waals surface area contributed by atoms with Crippen LogP contribution in [0.2, 0.25) is 0 Å². The first kappa shape index (κ1) is 18.0. The predicted molar refractivity (Wildman–Crippen MR) is 93.9 cm³/mol. The van der Waals surface area contributed by atoms with Gasteiger partial charge in [-0.2, -0.15) is 0 Å². The van der Waals surface area contributed by atoms with Crippen molar-refractivity contribution in [2.45, 2.75) is 39.2 Å². The maximum Gasteiger partial charge on any atom is 0.409 e. The smallest absolute Gasteiger partial charge is 0.409 e. The van der Waals surface area contributed by atoms with Gasteiger partial charge >= 0.3 is 6.09 Å². The minimum atomic E-state index is -0.231. The molecule has 1 fully saturated rings. The van der Waals surface area contributed by atoms with E-state index in [1.54, 1.807) is 11.1 Å². The molecule has 1 aromatic rings. The summed E-state index contributed by atoms with van der Waals surface area (Å²) in [6, 6.07) is 2.27. The van der Waals surface area contributed by atoms with Gasteiger partial charge in [-0.05, 0) is 50.3 Å². The first-order chi connectivity index (χ1) is 11.6. The minimum Gasteiger partial charge on any atom is -0.450 e. The Bertz CT molecular complexity index is 568. The zero-order chi connectivity index (χ0) is 17.4. The third-order valence-corrected chi connectivity index (χ3v) is 4.17. The number of rotatable bonds is 5. The van der Waals surface area contributed by atoms with Gasteiger partial charge in [0.1, 0.15) is 0 Å². The summed E-state index contributed by atoms with van der Waals surface area (Å²) in [4.78, 5) is 21.9. The van der Waals surface area contributed by atoms with Gasteiger partial charge in [0.2, 0.25) is 0 Å². The molecule has 0 bridgehead atoms. The molecule has 0 unspecified atom stereocenters. The first-order valence-electron chi connectivity index (χ1n) is 8.47. The number of nitrogens with one attached hydrogen (secondary N) is 1. The number of likely N-dealkylation sites (tertiary alicyclic amines) is 1. The van der Waals surface area contributed by atoms with E-state index < -0.39 is 0 Å². The predicted octanol–water partition coefficient (Wildman–Crippen LogP) is 1.46. The molecule has 1 aromatic heterocycles. The molecule has 2 rings (SSSR count). The van der Waals surface area contributed by atoms with Crippen molar-refractivity contribution in [2.75, 3.05) is 26.2 Å². The fourth-order valence-corrected chi connectivity index (χ4v) is 2.76. The topological polar surface area (TPSA) is 92.8 Å². The molecule has 2 heterocycles.